The van der Waals surface area contributed by atoms with Crippen molar-refractivity contribution in [2.45, 2.75) is 24.3 Å². The van der Waals surface area contributed by atoms with Gasteiger partial charge in [-0.1, -0.05) is 0 Å². The summed E-state index contributed by atoms with van der Waals surface area (Å²) in [7, 11) is -5.53. The first-order valence-electron chi connectivity index (χ1n) is 8.95. The Hall–Kier alpha value is -1.46. The monoisotopic (exact) mass is 444 g/mol. The zero-order valence-corrected chi connectivity index (χ0v) is 18.1. The number of hydrogen-bond donors (Lipinski definition) is 0. The number of nitrogens with zero attached hydrogens (tertiary/aromatic N) is 2. The average Bonchev–Trinajstić information content (AvgIpc) is 3.18. The average molecular weight is 445 g/mol. The van der Waals surface area contributed by atoms with Crippen LogP contribution in [-0.4, -0.2) is 53.7 Å². The quantitative estimate of drug-likeness (QED) is 0.625. The molecule has 10 heteroatoms. The molecule has 7 nitrogen and oxygen atoms in total. The molecule has 0 N–H and O–H groups in total. The Kier molecular flexibility index (Phi) is 6.77. The molecule has 0 bridgehead atoms. The van der Waals surface area contributed by atoms with Gasteiger partial charge in [0.25, 0.3) is 0 Å². The summed E-state index contributed by atoms with van der Waals surface area (Å²) < 4.78 is 58.6. The van der Waals surface area contributed by atoms with Crippen LogP contribution in [0.2, 0.25) is 0 Å². The molecule has 0 spiro atoms. The van der Waals surface area contributed by atoms with Crippen LogP contribution in [-0.2, 0) is 31.3 Å². The molecule has 0 atom stereocenters. The molecule has 1 aliphatic rings. The van der Waals surface area contributed by atoms with Crippen LogP contribution in [0.1, 0.15) is 18.4 Å². The van der Waals surface area contributed by atoms with E-state index in [2.05, 4.69) is 0 Å². The molecule has 1 aromatic carbocycles. The van der Waals surface area contributed by atoms with Crippen LogP contribution < -0.4 is 4.31 Å². The van der Waals surface area contributed by atoms with E-state index in [-0.39, 0.29) is 30.3 Å². The van der Waals surface area contributed by atoms with Crippen LogP contribution in [0.15, 0.2) is 46.0 Å². The standard InChI is InChI=1S/C18H24N2O5S3/c1-25-11-10-19(14-16-8-12-26-15-16)28(23,24)18-6-4-17(5-7-18)20-9-2-3-13-27(20,21)22/h4-8,12,15H,2-3,9-11,13-14H2,1H3. The Morgan fingerprint density at radius 2 is 1.93 bits per heavy atom. The number of anilines is 1. The van der Waals surface area contributed by atoms with E-state index in [1.165, 1.54) is 39.2 Å². The van der Waals surface area contributed by atoms with Gasteiger partial charge in [-0.3, -0.25) is 4.31 Å². The molecule has 154 valence electrons. The summed E-state index contributed by atoms with van der Waals surface area (Å²) in [5.74, 6) is 0.123. The lowest BCUT2D eigenvalue weighted by molar-refractivity contribution is 0.177. The molecule has 3 rings (SSSR count). The molecular formula is C18H24N2O5S3. The van der Waals surface area contributed by atoms with E-state index in [1.54, 1.807) is 12.1 Å². The van der Waals surface area contributed by atoms with Gasteiger partial charge in [0.1, 0.15) is 0 Å². The van der Waals surface area contributed by atoms with Gasteiger partial charge in [-0.2, -0.15) is 15.6 Å². The minimum atomic E-state index is -3.74. The van der Waals surface area contributed by atoms with Gasteiger partial charge in [0.15, 0.2) is 0 Å². The maximum atomic E-state index is 13.1. The topological polar surface area (TPSA) is 84.0 Å². The minimum Gasteiger partial charge on any atom is -0.383 e. The van der Waals surface area contributed by atoms with Crippen LogP contribution in [0, 0.1) is 0 Å². The lowest BCUT2D eigenvalue weighted by Crippen LogP contribution is -2.38. The highest BCUT2D eigenvalue weighted by Gasteiger charge is 2.28. The smallest absolute Gasteiger partial charge is 0.243 e. The van der Waals surface area contributed by atoms with Crippen molar-refractivity contribution in [1.29, 1.82) is 0 Å². The maximum absolute atomic E-state index is 13.1. The number of ether oxygens (including phenoxy) is 1. The lowest BCUT2D eigenvalue weighted by atomic mass is 10.3. The van der Waals surface area contributed by atoms with Crippen molar-refractivity contribution >= 4 is 37.1 Å². The highest BCUT2D eigenvalue weighted by molar-refractivity contribution is 7.92. The maximum Gasteiger partial charge on any atom is 0.243 e. The second kappa shape index (κ2) is 8.91. The molecule has 0 amide bonds. The van der Waals surface area contributed by atoms with Gasteiger partial charge < -0.3 is 4.74 Å². The Morgan fingerprint density at radius 3 is 2.54 bits per heavy atom. The van der Waals surface area contributed by atoms with E-state index < -0.39 is 20.0 Å². The highest BCUT2D eigenvalue weighted by atomic mass is 32.2. The molecule has 28 heavy (non-hydrogen) atoms. The van der Waals surface area contributed by atoms with Crippen molar-refractivity contribution in [2.24, 2.45) is 0 Å². The number of methoxy groups -OCH3 is 1. The van der Waals surface area contributed by atoms with Gasteiger partial charge in [0.05, 0.1) is 22.9 Å². The van der Waals surface area contributed by atoms with Gasteiger partial charge in [0, 0.05) is 26.7 Å². The van der Waals surface area contributed by atoms with Crippen molar-refractivity contribution in [3.05, 3.63) is 46.7 Å². The molecule has 0 aliphatic carbocycles. The van der Waals surface area contributed by atoms with E-state index in [1.807, 2.05) is 16.8 Å². The fourth-order valence-corrected chi connectivity index (χ4v) is 6.79. The SMILES string of the molecule is COCCN(Cc1ccsc1)S(=O)(=O)c1ccc(N2CCCCS2(=O)=O)cc1. The molecule has 0 saturated carbocycles. The van der Waals surface area contributed by atoms with Gasteiger partial charge in [-0.25, -0.2) is 16.8 Å². The summed E-state index contributed by atoms with van der Waals surface area (Å²) in [4.78, 5) is 0.136. The minimum absolute atomic E-state index is 0.123. The predicted octanol–water partition coefficient (Wildman–Crippen LogP) is 2.52. The van der Waals surface area contributed by atoms with E-state index in [9.17, 15) is 16.8 Å². The van der Waals surface area contributed by atoms with E-state index >= 15 is 0 Å². The summed E-state index contributed by atoms with van der Waals surface area (Å²) in [6.07, 6.45) is 1.45. The number of hydrogen-bond acceptors (Lipinski definition) is 6. The Bertz CT molecular complexity index is 971. The molecule has 0 radical (unpaired) electrons. The van der Waals surface area contributed by atoms with E-state index in [0.717, 1.165) is 12.0 Å². The van der Waals surface area contributed by atoms with Gasteiger partial charge in [-0.15, -0.1) is 0 Å². The lowest BCUT2D eigenvalue weighted by Gasteiger charge is -2.28. The first kappa shape index (κ1) is 21.3. The van der Waals surface area contributed by atoms with Crippen molar-refractivity contribution in [1.82, 2.24) is 4.31 Å². The molecule has 2 heterocycles. The fraction of sp³-hybridized carbons (Fsp3) is 0.444. The van der Waals surface area contributed by atoms with Gasteiger partial charge >= 0.3 is 0 Å². The highest BCUT2D eigenvalue weighted by Crippen LogP contribution is 2.26. The summed E-state index contributed by atoms with van der Waals surface area (Å²) in [6, 6.07) is 7.97. The Morgan fingerprint density at radius 1 is 1.18 bits per heavy atom. The fourth-order valence-electron chi connectivity index (χ4n) is 3.08. The van der Waals surface area contributed by atoms with Crippen LogP contribution in [0.25, 0.3) is 0 Å². The Labute approximate surface area is 170 Å². The van der Waals surface area contributed by atoms with Crippen molar-refractivity contribution in [3.8, 4) is 0 Å². The second-order valence-corrected chi connectivity index (χ2v) is 11.3. The molecule has 1 aromatic heterocycles. The number of sulfonamides is 2. The molecular weight excluding hydrogens is 420 g/mol. The van der Waals surface area contributed by atoms with E-state index in [0.29, 0.717) is 18.7 Å². The first-order valence-corrected chi connectivity index (χ1v) is 12.9. The molecule has 2 aromatic rings. The van der Waals surface area contributed by atoms with Crippen LogP contribution in [0.4, 0.5) is 5.69 Å². The first-order chi connectivity index (χ1) is 13.3. The number of thiophene rings is 1. The predicted molar refractivity (Wildman–Crippen MR) is 111 cm³/mol. The second-order valence-electron chi connectivity index (χ2n) is 6.55. The van der Waals surface area contributed by atoms with Crippen molar-refractivity contribution in [2.75, 3.05) is 36.9 Å². The summed E-state index contributed by atoms with van der Waals surface area (Å²) in [5, 5.41) is 3.82. The van der Waals surface area contributed by atoms with Crippen molar-refractivity contribution in [3.63, 3.8) is 0 Å². The molecule has 1 aliphatic heterocycles. The summed E-state index contributed by atoms with van der Waals surface area (Å²) in [5.41, 5.74) is 1.42. The van der Waals surface area contributed by atoms with Crippen molar-refractivity contribution < 1.29 is 21.6 Å². The normalized spacial score (nSPS) is 17.1. The molecule has 0 unspecified atom stereocenters. The zero-order valence-electron chi connectivity index (χ0n) is 15.7. The van der Waals surface area contributed by atoms with Crippen LogP contribution in [0.3, 0.4) is 0 Å². The van der Waals surface area contributed by atoms with Crippen LogP contribution in [0.5, 0.6) is 0 Å². The van der Waals surface area contributed by atoms with Gasteiger partial charge in [0.2, 0.25) is 20.0 Å². The third kappa shape index (κ3) is 4.74. The zero-order chi connectivity index (χ0) is 20.2. The number of benzene rings is 1. The molecule has 1 saturated heterocycles. The third-order valence-electron chi connectivity index (χ3n) is 4.60. The van der Waals surface area contributed by atoms with Crippen LogP contribution >= 0.6 is 11.3 Å². The third-order valence-corrected chi connectivity index (χ3v) is 9.06. The number of rotatable bonds is 8. The molecule has 1 fully saturated rings. The van der Waals surface area contributed by atoms with Gasteiger partial charge in [-0.05, 0) is 59.5 Å². The Balaban J connectivity index is 1.85. The summed E-state index contributed by atoms with van der Waals surface area (Å²) in [6.45, 7) is 1.20. The summed E-state index contributed by atoms with van der Waals surface area (Å²) >= 11 is 1.51. The van der Waals surface area contributed by atoms with E-state index in [4.69, 9.17) is 4.74 Å². The largest absolute Gasteiger partial charge is 0.383 e.